The molecule has 0 unspecified atom stereocenters. The van der Waals surface area contributed by atoms with Crippen molar-refractivity contribution in [2.45, 2.75) is 31.5 Å². The average Bonchev–Trinajstić information content (AvgIpc) is 3.24. The Kier molecular flexibility index (Phi) is 5.04. The number of halogens is 1. The van der Waals surface area contributed by atoms with Crippen molar-refractivity contribution in [2.75, 3.05) is 12.3 Å². The number of likely N-dealkylation sites (N-methyl/N-ethyl adjacent to an activating group) is 1. The van der Waals surface area contributed by atoms with Gasteiger partial charge in [-0.05, 0) is 13.0 Å². The number of carbonyl (C=O) groups is 1. The molecule has 0 saturated carbocycles. The standard InChI is InChI=1S/C17H18ClN7O4/c1-2-21-16(28)12-10(26)11(27)17(29-12)25-6-22-9-13(19)23-14(24-15(9)25)7-3-8(18)5-20-4-7/h3-6,10-12,17,26-27H,2H2,1H3,(H,21,28)(H2,19,23,24)/t10-,11+,12-,17+/m0/s1. The highest BCUT2D eigenvalue weighted by Gasteiger charge is 2.47. The predicted octanol–water partition coefficient (Wildman–Crippen LogP) is -0.121. The largest absolute Gasteiger partial charge is 0.387 e. The number of anilines is 1. The summed E-state index contributed by atoms with van der Waals surface area (Å²) in [6.45, 7) is 2.10. The number of ether oxygens (including phenoxy) is 1. The Morgan fingerprint density at radius 2 is 2.14 bits per heavy atom. The minimum atomic E-state index is -1.42. The highest BCUT2D eigenvalue weighted by Crippen LogP contribution is 2.33. The third-order valence-electron chi connectivity index (χ3n) is 4.53. The number of aromatic nitrogens is 5. The number of rotatable bonds is 4. The number of aliphatic hydroxyl groups excluding tert-OH is 2. The molecule has 0 radical (unpaired) electrons. The van der Waals surface area contributed by atoms with Crippen LogP contribution in [-0.4, -0.2) is 65.5 Å². The van der Waals surface area contributed by atoms with Crippen LogP contribution >= 0.6 is 11.6 Å². The van der Waals surface area contributed by atoms with Crippen LogP contribution in [0.4, 0.5) is 5.82 Å². The number of aliphatic hydroxyl groups is 2. The van der Waals surface area contributed by atoms with Crippen molar-refractivity contribution in [1.29, 1.82) is 0 Å². The number of nitrogens with zero attached hydrogens (tertiary/aromatic N) is 5. The van der Waals surface area contributed by atoms with E-state index in [4.69, 9.17) is 22.1 Å². The van der Waals surface area contributed by atoms with Gasteiger partial charge in [0.15, 0.2) is 29.6 Å². The fourth-order valence-corrected chi connectivity index (χ4v) is 3.34. The lowest BCUT2D eigenvalue weighted by Gasteiger charge is -2.16. The smallest absolute Gasteiger partial charge is 0.252 e. The maximum absolute atomic E-state index is 12.1. The third-order valence-corrected chi connectivity index (χ3v) is 4.74. The predicted molar refractivity (Wildman–Crippen MR) is 103 cm³/mol. The second kappa shape index (κ2) is 7.52. The number of imidazole rings is 1. The van der Waals surface area contributed by atoms with Gasteiger partial charge in [0.1, 0.15) is 17.7 Å². The van der Waals surface area contributed by atoms with Crippen LogP contribution in [0.3, 0.4) is 0 Å². The van der Waals surface area contributed by atoms with Gasteiger partial charge in [0.25, 0.3) is 5.91 Å². The van der Waals surface area contributed by atoms with Crippen molar-refractivity contribution in [3.63, 3.8) is 0 Å². The molecule has 0 spiro atoms. The molecule has 4 heterocycles. The molecule has 29 heavy (non-hydrogen) atoms. The quantitative estimate of drug-likeness (QED) is 0.451. The van der Waals surface area contributed by atoms with Gasteiger partial charge in [-0.1, -0.05) is 11.6 Å². The summed E-state index contributed by atoms with van der Waals surface area (Å²) in [6.07, 6.45) is -0.764. The van der Waals surface area contributed by atoms with Gasteiger partial charge in [-0.15, -0.1) is 0 Å². The van der Waals surface area contributed by atoms with Crippen LogP contribution in [0.1, 0.15) is 13.2 Å². The molecule has 1 fully saturated rings. The zero-order valence-corrected chi connectivity index (χ0v) is 16.0. The number of nitrogen functional groups attached to an aromatic ring is 1. The summed E-state index contributed by atoms with van der Waals surface area (Å²) in [4.78, 5) is 29.0. The molecule has 3 aromatic rings. The molecule has 1 amide bonds. The van der Waals surface area contributed by atoms with Crippen molar-refractivity contribution in [3.8, 4) is 11.4 Å². The van der Waals surface area contributed by atoms with E-state index >= 15 is 0 Å². The minimum Gasteiger partial charge on any atom is -0.387 e. The Labute approximate surface area is 169 Å². The topological polar surface area (TPSA) is 161 Å². The Balaban J connectivity index is 1.76. The Morgan fingerprint density at radius 3 is 2.86 bits per heavy atom. The van der Waals surface area contributed by atoms with Gasteiger partial charge >= 0.3 is 0 Å². The molecule has 0 aromatic carbocycles. The van der Waals surface area contributed by atoms with Crippen LogP contribution in [-0.2, 0) is 9.53 Å². The van der Waals surface area contributed by atoms with Crippen LogP contribution in [0, 0.1) is 0 Å². The van der Waals surface area contributed by atoms with E-state index in [0.29, 0.717) is 17.1 Å². The molecule has 4 atom stereocenters. The molecule has 4 rings (SSSR count). The van der Waals surface area contributed by atoms with Gasteiger partial charge in [0, 0.05) is 24.5 Å². The summed E-state index contributed by atoms with van der Waals surface area (Å²) >= 11 is 5.99. The second-order valence-electron chi connectivity index (χ2n) is 6.47. The molecule has 11 nitrogen and oxygen atoms in total. The van der Waals surface area contributed by atoms with Crippen molar-refractivity contribution in [3.05, 3.63) is 29.8 Å². The summed E-state index contributed by atoms with van der Waals surface area (Å²) in [6, 6.07) is 1.63. The monoisotopic (exact) mass is 419 g/mol. The van der Waals surface area contributed by atoms with Gasteiger partial charge in [-0.2, -0.15) is 0 Å². The molecule has 0 bridgehead atoms. The molecular formula is C17H18ClN7O4. The number of fused-ring (bicyclic) bond motifs is 1. The number of hydrogen-bond acceptors (Lipinski definition) is 9. The van der Waals surface area contributed by atoms with E-state index in [0.717, 1.165) is 0 Å². The molecule has 1 aliphatic heterocycles. The lowest BCUT2D eigenvalue weighted by atomic mass is 10.1. The number of hydrogen-bond donors (Lipinski definition) is 4. The normalized spacial score (nSPS) is 24.1. The maximum atomic E-state index is 12.1. The average molecular weight is 420 g/mol. The summed E-state index contributed by atoms with van der Waals surface area (Å²) in [5.41, 5.74) is 7.11. The van der Waals surface area contributed by atoms with Crippen molar-refractivity contribution < 1.29 is 19.7 Å². The SMILES string of the molecule is CCNC(=O)[C@H]1O[C@@H](n2cnc3c(N)nc(-c4cncc(Cl)c4)nc32)[C@H](O)[C@@H]1O. The zero-order valence-electron chi connectivity index (χ0n) is 15.2. The van der Waals surface area contributed by atoms with Gasteiger partial charge in [0.2, 0.25) is 0 Å². The number of carbonyl (C=O) groups excluding carboxylic acids is 1. The fourth-order valence-electron chi connectivity index (χ4n) is 3.17. The van der Waals surface area contributed by atoms with E-state index < -0.39 is 30.4 Å². The second-order valence-corrected chi connectivity index (χ2v) is 6.91. The Bertz CT molecular complexity index is 1080. The van der Waals surface area contributed by atoms with Crippen LogP contribution in [0.2, 0.25) is 5.02 Å². The lowest BCUT2D eigenvalue weighted by Crippen LogP contribution is -2.42. The Hall–Kier alpha value is -2.86. The first-order valence-corrected chi connectivity index (χ1v) is 9.18. The van der Waals surface area contributed by atoms with Crippen LogP contribution in [0.25, 0.3) is 22.6 Å². The first kappa shape index (κ1) is 19.5. The van der Waals surface area contributed by atoms with E-state index in [1.165, 1.54) is 23.3 Å². The summed E-state index contributed by atoms with van der Waals surface area (Å²) in [5, 5.41) is 23.7. The summed E-state index contributed by atoms with van der Waals surface area (Å²) < 4.78 is 7.04. The number of nitrogens with one attached hydrogen (secondary N) is 1. The first-order valence-electron chi connectivity index (χ1n) is 8.81. The van der Waals surface area contributed by atoms with E-state index in [2.05, 4.69) is 25.3 Å². The van der Waals surface area contributed by atoms with E-state index in [1.807, 2.05) is 0 Å². The number of pyridine rings is 1. The molecule has 5 N–H and O–H groups in total. The highest BCUT2D eigenvalue weighted by atomic mass is 35.5. The molecule has 0 aliphatic carbocycles. The first-order chi connectivity index (χ1) is 13.9. The van der Waals surface area contributed by atoms with Gasteiger partial charge < -0.3 is 26.0 Å². The van der Waals surface area contributed by atoms with Crippen LogP contribution in [0.15, 0.2) is 24.8 Å². The van der Waals surface area contributed by atoms with Gasteiger partial charge in [-0.3, -0.25) is 14.3 Å². The third kappa shape index (κ3) is 3.38. The van der Waals surface area contributed by atoms with Crippen molar-refractivity contribution in [2.24, 2.45) is 0 Å². The van der Waals surface area contributed by atoms with Gasteiger partial charge in [0.05, 0.1) is 11.3 Å². The number of nitrogens with two attached hydrogens (primary N) is 1. The summed E-state index contributed by atoms with van der Waals surface area (Å²) in [5.74, 6) is -0.164. The molecule has 152 valence electrons. The molecule has 1 aliphatic rings. The molecule has 3 aromatic heterocycles. The Morgan fingerprint density at radius 1 is 1.34 bits per heavy atom. The van der Waals surface area contributed by atoms with E-state index in [-0.39, 0.29) is 22.8 Å². The zero-order chi connectivity index (χ0) is 20.7. The van der Waals surface area contributed by atoms with Crippen LogP contribution < -0.4 is 11.1 Å². The lowest BCUT2D eigenvalue weighted by molar-refractivity contribution is -0.137. The molecule has 12 heteroatoms. The maximum Gasteiger partial charge on any atom is 0.252 e. The van der Waals surface area contributed by atoms with Crippen LogP contribution in [0.5, 0.6) is 0 Å². The summed E-state index contributed by atoms with van der Waals surface area (Å²) in [7, 11) is 0. The molecular weight excluding hydrogens is 402 g/mol. The molecule has 1 saturated heterocycles. The van der Waals surface area contributed by atoms with Crippen molar-refractivity contribution >= 4 is 34.5 Å². The van der Waals surface area contributed by atoms with E-state index in [9.17, 15) is 15.0 Å². The minimum absolute atomic E-state index is 0.108. The van der Waals surface area contributed by atoms with Crippen molar-refractivity contribution in [1.82, 2.24) is 29.8 Å². The van der Waals surface area contributed by atoms with E-state index in [1.54, 1.807) is 13.0 Å². The fraction of sp³-hybridized carbons (Fsp3) is 0.353. The van der Waals surface area contributed by atoms with Gasteiger partial charge in [-0.25, -0.2) is 15.0 Å². The number of amides is 1. The highest BCUT2D eigenvalue weighted by molar-refractivity contribution is 6.30.